The SMILES string of the molecule is COC(=O)CC1CCCC[C@@H]1N(Cc1ccc(-c2cc(CC(C)C)sc2N(S(=O)[O-])C(C)(C)C)cc1)C(=O)c1ccccc1. The third-order valence-corrected chi connectivity index (χ3v) is 10.4. The normalized spacial score (nSPS) is 17.7. The van der Waals surface area contributed by atoms with Crippen molar-refractivity contribution in [2.75, 3.05) is 11.4 Å². The minimum Gasteiger partial charge on any atom is -0.755 e. The summed E-state index contributed by atoms with van der Waals surface area (Å²) in [4.78, 5) is 29.3. The van der Waals surface area contributed by atoms with Crippen LogP contribution in [0.1, 0.15) is 87.5 Å². The highest BCUT2D eigenvalue weighted by molar-refractivity contribution is 7.81. The smallest absolute Gasteiger partial charge is 0.305 e. The summed E-state index contributed by atoms with van der Waals surface area (Å²) in [5, 5.41) is 0.711. The largest absolute Gasteiger partial charge is 0.755 e. The maximum Gasteiger partial charge on any atom is 0.305 e. The van der Waals surface area contributed by atoms with E-state index in [-0.39, 0.29) is 23.8 Å². The summed E-state index contributed by atoms with van der Waals surface area (Å²) in [5.41, 5.74) is 2.79. The van der Waals surface area contributed by atoms with Crippen LogP contribution in [0.15, 0.2) is 60.7 Å². The van der Waals surface area contributed by atoms with Crippen LogP contribution in [-0.2, 0) is 33.8 Å². The van der Waals surface area contributed by atoms with Gasteiger partial charge < -0.3 is 14.2 Å². The van der Waals surface area contributed by atoms with Crippen LogP contribution in [0.3, 0.4) is 0 Å². The van der Waals surface area contributed by atoms with Gasteiger partial charge in [-0.1, -0.05) is 69.2 Å². The van der Waals surface area contributed by atoms with Crippen molar-refractivity contribution in [2.24, 2.45) is 11.8 Å². The number of hydrogen-bond donors (Lipinski definition) is 0. The standard InChI is InChI=1S/C35H46N2O5S2/c1-24(2)20-29-22-30(34(43-29)37(44(40)41)35(3,4)5)26-18-16-25(17-19-26)23-36(33(39)27-12-8-7-9-13-27)31-15-11-10-14-28(31)21-32(38)42-6/h7-9,12-13,16-19,22,24,28,31H,10-11,14-15,20-21,23H2,1-6H3,(H,40,41)/p-1/t28?,31-/m0/s1. The van der Waals surface area contributed by atoms with E-state index in [1.165, 1.54) is 22.8 Å². The van der Waals surface area contributed by atoms with Gasteiger partial charge in [0.1, 0.15) is 5.00 Å². The van der Waals surface area contributed by atoms with Crippen molar-refractivity contribution in [3.05, 3.63) is 76.7 Å². The number of nitrogens with zero attached hydrogens (tertiary/aromatic N) is 2. The fourth-order valence-corrected chi connectivity index (χ4v) is 8.56. The Labute approximate surface area is 269 Å². The number of anilines is 1. The summed E-state index contributed by atoms with van der Waals surface area (Å²) in [7, 11) is 1.41. The summed E-state index contributed by atoms with van der Waals surface area (Å²) in [6, 6.07) is 19.4. The van der Waals surface area contributed by atoms with Crippen LogP contribution >= 0.6 is 11.3 Å². The van der Waals surface area contributed by atoms with E-state index < -0.39 is 16.8 Å². The van der Waals surface area contributed by atoms with E-state index >= 15 is 0 Å². The predicted molar refractivity (Wildman–Crippen MR) is 178 cm³/mol. The number of benzene rings is 2. The third-order valence-electron chi connectivity index (χ3n) is 8.14. The number of thiophene rings is 1. The Morgan fingerprint density at radius 1 is 1.05 bits per heavy atom. The fourth-order valence-electron chi connectivity index (χ4n) is 6.09. The zero-order valence-electron chi connectivity index (χ0n) is 26.7. The second-order valence-corrected chi connectivity index (χ2v) is 15.0. The van der Waals surface area contributed by atoms with Crippen molar-refractivity contribution in [1.29, 1.82) is 0 Å². The lowest BCUT2D eigenvalue weighted by atomic mass is 9.81. The molecule has 1 aromatic heterocycles. The monoisotopic (exact) mass is 637 g/mol. The van der Waals surface area contributed by atoms with Gasteiger partial charge in [0, 0.05) is 45.4 Å². The minimum atomic E-state index is -2.44. The highest BCUT2D eigenvalue weighted by Gasteiger charge is 2.35. The topological polar surface area (TPSA) is 90.0 Å². The predicted octanol–water partition coefficient (Wildman–Crippen LogP) is 7.78. The molecule has 1 aliphatic carbocycles. The maximum atomic E-state index is 14.0. The average Bonchev–Trinajstić information content (AvgIpc) is 3.37. The zero-order chi connectivity index (χ0) is 32.0. The molecule has 0 spiro atoms. The number of carbonyl (C=O) groups is 2. The van der Waals surface area contributed by atoms with Gasteiger partial charge in [-0.2, -0.15) is 0 Å². The Bertz CT molecular complexity index is 1430. The molecule has 9 heteroatoms. The fraction of sp³-hybridized carbons (Fsp3) is 0.486. The lowest BCUT2D eigenvalue weighted by Gasteiger charge is -2.40. The number of rotatable bonds is 11. The molecule has 1 fully saturated rings. The van der Waals surface area contributed by atoms with E-state index in [4.69, 9.17) is 4.74 Å². The molecule has 44 heavy (non-hydrogen) atoms. The molecule has 238 valence electrons. The van der Waals surface area contributed by atoms with Crippen LogP contribution in [0.4, 0.5) is 5.00 Å². The van der Waals surface area contributed by atoms with Crippen molar-refractivity contribution in [1.82, 2.24) is 4.90 Å². The molecule has 1 amide bonds. The summed E-state index contributed by atoms with van der Waals surface area (Å²) in [6.07, 6.45) is 4.91. The third kappa shape index (κ3) is 8.37. The number of methoxy groups -OCH3 is 1. The first-order chi connectivity index (χ1) is 20.9. The van der Waals surface area contributed by atoms with Crippen LogP contribution in [0, 0.1) is 11.8 Å². The highest BCUT2D eigenvalue weighted by atomic mass is 32.2. The first-order valence-electron chi connectivity index (χ1n) is 15.4. The molecule has 0 saturated heterocycles. The Hall–Kier alpha value is -3.01. The van der Waals surface area contributed by atoms with Crippen LogP contribution in [-0.4, -0.2) is 44.2 Å². The molecular weight excluding hydrogens is 593 g/mol. The second kappa shape index (κ2) is 14.8. The molecule has 2 aromatic carbocycles. The molecule has 0 aliphatic heterocycles. The van der Waals surface area contributed by atoms with Gasteiger partial charge in [0.25, 0.3) is 5.91 Å². The molecule has 0 bridgehead atoms. The van der Waals surface area contributed by atoms with Gasteiger partial charge in [-0.15, -0.1) is 11.3 Å². The van der Waals surface area contributed by atoms with E-state index in [1.54, 1.807) is 0 Å². The first-order valence-corrected chi connectivity index (χ1v) is 17.3. The summed E-state index contributed by atoms with van der Waals surface area (Å²) in [5.74, 6) is 0.180. The van der Waals surface area contributed by atoms with Crippen LogP contribution in [0.5, 0.6) is 0 Å². The molecule has 1 aliphatic rings. The molecule has 0 N–H and O–H groups in total. The van der Waals surface area contributed by atoms with E-state index in [1.807, 2.05) is 80.3 Å². The molecule has 3 atom stereocenters. The Balaban J connectivity index is 1.69. The van der Waals surface area contributed by atoms with Gasteiger partial charge >= 0.3 is 5.97 Å². The quantitative estimate of drug-likeness (QED) is 0.158. The molecular formula is C35H45N2O5S2-. The number of carbonyl (C=O) groups excluding carboxylic acids is 2. The lowest BCUT2D eigenvalue weighted by Crippen LogP contribution is -2.46. The zero-order valence-corrected chi connectivity index (χ0v) is 28.3. The minimum absolute atomic E-state index is 0.0345. The van der Waals surface area contributed by atoms with Gasteiger partial charge in [0.15, 0.2) is 0 Å². The first kappa shape index (κ1) is 33.9. The van der Waals surface area contributed by atoms with Crippen LogP contribution in [0.2, 0.25) is 0 Å². The summed E-state index contributed by atoms with van der Waals surface area (Å²) in [6.45, 7) is 10.4. The molecule has 0 radical (unpaired) electrons. The number of amides is 1. The van der Waals surface area contributed by atoms with E-state index in [2.05, 4.69) is 19.9 Å². The number of hydrogen-bond acceptors (Lipinski definition) is 6. The maximum absolute atomic E-state index is 14.0. The molecule has 7 nitrogen and oxygen atoms in total. The summed E-state index contributed by atoms with van der Waals surface area (Å²) >= 11 is -0.908. The molecule has 3 aromatic rings. The number of esters is 1. The van der Waals surface area contributed by atoms with Gasteiger partial charge in [0.2, 0.25) is 0 Å². The van der Waals surface area contributed by atoms with Crippen LogP contribution < -0.4 is 4.31 Å². The van der Waals surface area contributed by atoms with Crippen molar-refractivity contribution in [2.45, 2.75) is 91.3 Å². The lowest BCUT2D eigenvalue weighted by molar-refractivity contribution is -0.142. The van der Waals surface area contributed by atoms with Crippen LogP contribution in [0.25, 0.3) is 11.1 Å². The van der Waals surface area contributed by atoms with Crippen molar-refractivity contribution in [3.8, 4) is 11.1 Å². The molecule has 4 rings (SSSR count). The molecule has 1 heterocycles. The van der Waals surface area contributed by atoms with Crippen molar-refractivity contribution < 1.29 is 23.1 Å². The van der Waals surface area contributed by atoms with Gasteiger partial charge in [-0.05, 0) is 81.2 Å². The molecule has 1 saturated carbocycles. The highest BCUT2D eigenvalue weighted by Crippen LogP contribution is 2.43. The van der Waals surface area contributed by atoms with Gasteiger partial charge in [-0.25, -0.2) is 0 Å². The number of ether oxygens (including phenoxy) is 1. The van der Waals surface area contributed by atoms with Gasteiger partial charge in [-0.3, -0.25) is 18.1 Å². The summed E-state index contributed by atoms with van der Waals surface area (Å²) < 4.78 is 31.4. The van der Waals surface area contributed by atoms with E-state index in [9.17, 15) is 18.4 Å². The van der Waals surface area contributed by atoms with Gasteiger partial charge in [0.05, 0.1) is 13.5 Å². The van der Waals surface area contributed by atoms with Crippen molar-refractivity contribution in [3.63, 3.8) is 0 Å². The van der Waals surface area contributed by atoms with E-state index in [0.29, 0.717) is 29.4 Å². The average molecular weight is 638 g/mol. The Kier molecular flexibility index (Phi) is 11.4. The molecule has 2 unspecified atom stereocenters. The Morgan fingerprint density at radius 2 is 1.70 bits per heavy atom. The second-order valence-electron chi connectivity index (χ2n) is 13.1. The Morgan fingerprint density at radius 3 is 2.30 bits per heavy atom. The van der Waals surface area contributed by atoms with Crippen molar-refractivity contribution >= 4 is 39.5 Å². The van der Waals surface area contributed by atoms with E-state index in [0.717, 1.165) is 53.7 Å².